The number of carbonyl (C=O) groups excluding carboxylic acids is 1. The smallest absolute Gasteiger partial charge is 0.355 e. The third-order valence-corrected chi connectivity index (χ3v) is 4.45. The Morgan fingerprint density at radius 1 is 1.19 bits per heavy atom. The summed E-state index contributed by atoms with van der Waals surface area (Å²) in [7, 11) is 0. The second-order valence-corrected chi connectivity index (χ2v) is 6.20. The maximum absolute atomic E-state index is 13.0. The number of halogens is 3. The average Bonchev–Trinajstić information content (AvgIpc) is 3.30. The molecule has 27 heavy (non-hydrogen) atoms. The first-order chi connectivity index (χ1) is 12.9. The summed E-state index contributed by atoms with van der Waals surface area (Å²) in [5, 5.41) is 19.9. The first-order valence-electron chi connectivity index (χ1n) is 8.26. The summed E-state index contributed by atoms with van der Waals surface area (Å²) in [4.78, 5) is 14.1. The van der Waals surface area contributed by atoms with Gasteiger partial charge in [0.1, 0.15) is 11.6 Å². The molecule has 1 saturated heterocycles. The van der Waals surface area contributed by atoms with Crippen LogP contribution in [0.3, 0.4) is 0 Å². The first-order valence-corrected chi connectivity index (χ1v) is 8.26. The summed E-state index contributed by atoms with van der Waals surface area (Å²) in [6.45, 7) is 1.01. The van der Waals surface area contributed by atoms with Crippen molar-refractivity contribution in [3.8, 4) is 0 Å². The van der Waals surface area contributed by atoms with Gasteiger partial charge < -0.3 is 10.2 Å². The van der Waals surface area contributed by atoms with Crippen LogP contribution in [0.15, 0.2) is 24.4 Å². The standard InChI is InChI=1S/C15H15F3N8O/c16-15(17,18)14-23-22-11-1-2-12(24-26(11)14)25-7-4-9(5-8-25)13(27)20-10-3-6-19-21-10/h1-3,6,9H,4-5,7-8H2,(H2,19,20,21,27). The van der Waals surface area contributed by atoms with Crippen LogP contribution in [0.5, 0.6) is 0 Å². The Morgan fingerprint density at radius 3 is 2.63 bits per heavy atom. The van der Waals surface area contributed by atoms with Gasteiger partial charge in [-0.15, -0.1) is 15.3 Å². The molecule has 0 aliphatic carbocycles. The maximum atomic E-state index is 13.0. The fourth-order valence-electron chi connectivity index (χ4n) is 3.06. The highest BCUT2D eigenvalue weighted by Crippen LogP contribution is 2.28. The Hall–Kier alpha value is -3.18. The lowest BCUT2D eigenvalue weighted by Crippen LogP contribution is -2.38. The number of piperidine rings is 1. The average molecular weight is 380 g/mol. The van der Waals surface area contributed by atoms with Crippen molar-refractivity contribution in [2.75, 3.05) is 23.3 Å². The SMILES string of the molecule is O=C(Nc1ccn[nH]1)C1CCN(c2ccc3nnc(C(F)(F)F)n3n2)CC1. The zero-order valence-corrected chi connectivity index (χ0v) is 13.9. The van der Waals surface area contributed by atoms with Crippen molar-refractivity contribution < 1.29 is 18.0 Å². The van der Waals surface area contributed by atoms with Crippen molar-refractivity contribution in [3.05, 3.63) is 30.2 Å². The summed E-state index contributed by atoms with van der Waals surface area (Å²) in [5.41, 5.74) is 0.0277. The molecule has 12 heteroatoms. The third-order valence-electron chi connectivity index (χ3n) is 4.45. The molecular weight excluding hydrogens is 365 g/mol. The number of hydrogen-bond donors (Lipinski definition) is 2. The van der Waals surface area contributed by atoms with E-state index in [-0.39, 0.29) is 17.5 Å². The van der Waals surface area contributed by atoms with E-state index in [4.69, 9.17) is 0 Å². The predicted octanol–water partition coefficient (Wildman–Crippen LogP) is 1.72. The zero-order valence-electron chi connectivity index (χ0n) is 13.9. The van der Waals surface area contributed by atoms with Gasteiger partial charge in [0.15, 0.2) is 5.65 Å². The van der Waals surface area contributed by atoms with Crippen LogP contribution in [0.4, 0.5) is 24.8 Å². The van der Waals surface area contributed by atoms with Crippen LogP contribution < -0.4 is 10.2 Å². The Bertz CT molecular complexity index is 944. The summed E-state index contributed by atoms with van der Waals surface area (Å²) in [5.74, 6) is -0.537. The predicted molar refractivity (Wildman–Crippen MR) is 87.9 cm³/mol. The van der Waals surface area contributed by atoms with Crippen LogP contribution >= 0.6 is 0 Å². The molecule has 0 bridgehead atoms. The number of nitrogens with one attached hydrogen (secondary N) is 2. The molecule has 0 saturated carbocycles. The van der Waals surface area contributed by atoms with Crippen LogP contribution in [-0.2, 0) is 11.0 Å². The molecule has 0 spiro atoms. The van der Waals surface area contributed by atoms with Crippen molar-refractivity contribution in [3.63, 3.8) is 0 Å². The number of aromatic amines is 1. The second-order valence-electron chi connectivity index (χ2n) is 6.20. The highest BCUT2D eigenvalue weighted by molar-refractivity contribution is 5.91. The van der Waals surface area contributed by atoms with Gasteiger partial charge in [0.2, 0.25) is 5.91 Å². The van der Waals surface area contributed by atoms with Crippen molar-refractivity contribution in [1.29, 1.82) is 0 Å². The number of carbonyl (C=O) groups is 1. The molecule has 0 radical (unpaired) electrons. The minimum atomic E-state index is -4.64. The largest absolute Gasteiger partial charge is 0.453 e. The van der Waals surface area contributed by atoms with Crippen molar-refractivity contribution in [2.24, 2.45) is 5.92 Å². The van der Waals surface area contributed by atoms with E-state index < -0.39 is 12.0 Å². The summed E-state index contributed by atoms with van der Waals surface area (Å²) >= 11 is 0. The molecular formula is C15H15F3N8O. The number of anilines is 2. The molecule has 0 atom stereocenters. The minimum absolute atomic E-state index is 0.0277. The van der Waals surface area contributed by atoms with Crippen molar-refractivity contribution >= 4 is 23.2 Å². The van der Waals surface area contributed by atoms with Crippen LogP contribution in [-0.4, -0.2) is 49.0 Å². The van der Waals surface area contributed by atoms with Gasteiger partial charge >= 0.3 is 6.18 Å². The lowest BCUT2D eigenvalue weighted by atomic mass is 9.96. The van der Waals surface area contributed by atoms with E-state index in [9.17, 15) is 18.0 Å². The van der Waals surface area contributed by atoms with Crippen LogP contribution in [0.1, 0.15) is 18.7 Å². The summed E-state index contributed by atoms with van der Waals surface area (Å²) in [6, 6.07) is 4.71. The number of aromatic nitrogens is 6. The maximum Gasteiger partial charge on any atom is 0.453 e. The monoisotopic (exact) mass is 380 g/mol. The Morgan fingerprint density at radius 2 is 1.96 bits per heavy atom. The minimum Gasteiger partial charge on any atom is -0.355 e. The van der Waals surface area contributed by atoms with Crippen LogP contribution in [0.25, 0.3) is 5.65 Å². The fraction of sp³-hybridized carbons (Fsp3) is 0.400. The van der Waals surface area contributed by atoms with Gasteiger partial charge in [-0.3, -0.25) is 9.89 Å². The Kier molecular flexibility index (Phi) is 4.16. The van der Waals surface area contributed by atoms with E-state index in [1.807, 2.05) is 4.90 Å². The normalized spacial score (nSPS) is 16.0. The lowest BCUT2D eigenvalue weighted by Gasteiger charge is -2.31. The van der Waals surface area contributed by atoms with E-state index in [2.05, 4.69) is 30.8 Å². The van der Waals surface area contributed by atoms with Gasteiger partial charge in [0.05, 0.1) is 6.20 Å². The van der Waals surface area contributed by atoms with Gasteiger partial charge in [0.25, 0.3) is 5.82 Å². The molecule has 3 aromatic rings. The van der Waals surface area contributed by atoms with Gasteiger partial charge in [0, 0.05) is 25.1 Å². The number of H-pyrrole nitrogens is 1. The highest BCUT2D eigenvalue weighted by atomic mass is 19.4. The molecule has 1 aliphatic heterocycles. The van der Waals surface area contributed by atoms with Crippen LogP contribution in [0, 0.1) is 5.92 Å². The zero-order chi connectivity index (χ0) is 19.0. The molecule has 0 unspecified atom stereocenters. The van der Waals surface area contributed by atoms with Crippen molar-refractivity contribution in [1.82, 2.24) is 30.0 Å². The van der Waals surface area contributed by atoms with Gasteiger partial charge in [-0.25, -0.2) is 0 Å². The number of amides is 1. The third kappa shape index (κ3) is 3.41. The molecule has 4 rings (SSSR count). The van der Waals surface area contributed by atoms with E-state index in [1.165, 1.54) is 6.07 Å². The molecule has 9 nitrogen and oxygen atoms in total. The highest BCUT2D eigenvalue weighted by Gasteiger charge is 2.38. The number of nitrogens with zero attached hydrogens (tertiary/aromatic N) is 6. The number of hydrogen-bond acceptors (Lipinski definition) is 6. The first kappa shape index (κ1) is 17.2. The van der Waals surface area contributed by atoms with E-state index in [0.29, 0.717) is 42.1 Å². The Labute approximate surface area is 150 Å². The van der Waals surface area contributed by atoms with Crippen molar-refractivity contribution in [2.45, 2.75) is 19.0 Å². The number of rotatable bonds is 3. The van der Waals surface area contributed by atoms with Gasteiger partial charge in [-0.1, -0.05) is 0 Å². The second kappa shape index (κ2) is 6.52. The molecule has 4 heterocycles. The topological polar surface area (TPSA) is 104 Å². The van der Waals surface area contributed by atoms with Crippen LogP contribution in [0.2, 0.25) is 0 Å². The molecule has 142 valence electrons. The number of fused-ring (bicyclic) bond motifs is 1. The molecule has 0 aromatic carbocycles. The molecule has 1 fully saturated rings. The van der Waals surface area contributed by atoms with Gasteiger partial charge in [-0.05, 0) is 25.0 Å². The van der Waals surface area contributed by atoms with E-state index >= 15 is 0 Å². The Balaban J connectivity index is 1.45. The van der Waals surface area contributed by atoms with E-state index in [1.54, 1.807) is 18.3 Å². The van der Waals surface area contributed by atoms with E-state index in [0.717, 1.165) is 0 Å². The molecule has 1 aliphatic rings. The molecule has 1 amide bonds. The van der Waals surface area contributed by atoms with Gasteiger partial charge in [-0.2, -0.15) is 22.8 Å². The summed E-state index contributed by atoms with van der Waals surface area (Å²) < 4.78 is 39.7. The molecule has 2 N–H and O–H groups in total. The molecule has 3 aromatic heterocycles. The lowest BCUT2D eigenvalue weighted by molar-refractivity contribution is -0.146. The summed E-state index contributed by atoms with van der Waals surface area (Å²) in [6.07, 6.45) is -1.97. The number of alkyl halides is 3. The fourth-order valence-corrected chi connectivity index (χ4v) is 3.06. The quantitative estimate of drug-likeness (QED) is 0.717.